The van der Waals surface area contributed by atoms with Gasteiger partial charge < -0.3 is 5.32 Å². The Kier molecular flexibility index (Phi) is 4.67. The van der Waals surface area contributed by atoms with Crippen LogP contribution in [0.4, 0.5) is 5.82 Å². The Bertz CT molecular complexity index is 614. The van der Waals surface area contributed by atoms with Gasteiger partial charge >= 0.3 is 0 Å². The van der Waals surface area contributed by atoms with Gasteiger partial charge in [0.15, 0.2) is 5.82 Å². The molecule has 0 spiro atoms. The third-order valence-corrected chi connectivity index (χ3v) is 3.34. The summed E-state index contributed by atoms with van der Waals surface area (Å²) in [7, 11) is 0. The Morgan fingerprint density at radius 3 is 2.60 bits per heavy atom. The van der Waals surface area contributed by atoms with Crippen LogP contribution in [0.1, 0.15) is 28.8 Å². The number of nitrogens with zero attached hydrogens (tertiary/aromatic N) is 3. The zero-order valence-corrected chi connectivity index (χ0v) is 11.8. The molecule has 1 aromatic carbocycles. The van der Waals surface area contributed by atoms with E-state index in [-0.39, 0.29) is 0 Å². The van der Waals surface area contributed by atoms with Gasteiger partial charge in [-0.25, -0.2) is 0 Å². The molecule has 0 fully saturated rings. The standard InChI is InChI=1S/C16H18N4/c1-12-13(2)19-20-16(15(12)11-17)18-10-6-9-14-7-4-3-5-8-14/h3-5,7-8H,6,9-10H2,1-2H3,(H,18,20). The Hall–Kier alpha value is -2.41. The summed E-state index contributed by atoms with van der Waals surface area (Å²) in [6, 6.07) is 12.6. The van der Waals surface area contributed by atoms with Crippen molar-refractivity contribution >= 4 is 5.82 Å². The number of benzene rings is 1. The molecule has 1 aromatic heterocycles. The first-order valence-corrected chi connectivity index (χ1v) is 6.74. The van der Waals surface area contributed by atoms with Gasteiger partial charge in [-0.3, -0.25) is 0 Å². The number of rotatable bonds is 5. The van der Waals surface area contributed by atoms with Crippen molar-refractivity contribution in [3.8, 4) is 6.07 Å². The third-order valence-electron chi connectivity index (χ3n) is 3.34. The zero-order chi connectivity index (χ0) is 14.4. The van der Waals surface area contributed by atoms with E-state index in [1.54, 1.807) is 0 Å². The van der Waals surface area contributed by atoms with E-state index < -0.39 is 0 Å². The number of hydrogen-bond donors (Lipinski definition) is 1. The summed E-state index contributed by atoms with van der Waals surface area (Å²) < 4.78 is 0. The van der Waals surface area contributed by atoms with Gasteiger partial charge in [-0.15, -0.1) is 5.10 Å². The minimum atomic E-state index is 0.587. The van der Waals surface area contributed by atoms with E-state index in [0.29, 0.717) is 11.4 Å². The molecule has 0 saturated heterocycles. The molecule has 0 bridgehead atoms. The molecular formula is C16H18N4. The lowest BCUT2D eigenvalue weighted by atomic mass is 10.1. The lowest BCUT2D eigenvalue weighted by molar-refractivity contribution is 0.848. The maximum atomic E-state index is 9.20. The SMILES string of the molecule is Cc1nnc(NCCCc2ccccc2)c(C#N)c1C. The Labute approximate surface area is 119 Å². The predicted molar refractivity (Wildman–Crippen MR) is 79.5 cm³/mol. The minimum absolute atomic E-state index is 0.587. The van der Waals surface area contributed by atoms with Crippen molar-refractivity contribution in [1.29, 1.82) is 5.26 Å². The first-order valence-electron chi connectivity index (χ1n) is 6.74. The van der Waals surface area contributed by atoms with Crippen LogP contribution < -0.4 is 5.32 Å². The van der Waals surface area contributed by atoms with E-state index in [4.69, 9.17) is 0 Å². The van der Waals surface area contributed by atoms with Gasteiger partial charge in [-0.2, -0.15) is 10.4 Å². The molecule has 2 rings (SSSR count). The van der Waals surface area contributed by atoms with Crippen LogP contribution in [0.2, 0.25) is 0 Å². The van der Waals surface area contributed by atoms with Crippen LogP contribution in [0.15, 0.2) is 30.3 Å². The zero-order valence-electron chi connectivity index (χ0n) is 11.8. The van der Waals surface area contributed by atoms with Gasteiger partial charge in [0.1, 0.15) is 11.6 Å². The van der Waals surface area contributed by atoms with Gasteiger partial charge in [0.05, 0.1) is 5.69 Å². The van der Waals surface area contributed by atoms with Crippen LogP contribution in [-0.2, 0) is 6.42 Å². The third kappa shape index (κ3) is 3.33. The fraction of sp³-hybridized carbons (Fsp3) is 0.312. The normalized spacial score (nSPS) is 10.1. The van der Waals surface area contributed by atoms with Gasteiger partial charge in [-0.05, 0) is 37.8 Å². The predicted octanol–water partition coefficient (Wildman–Crippen LogP) is 3.01. The van der Waals surface area contributed by atoms with Crippen molar-refractivity contribution in [2.75, 3.05) is 11.9 Å². The van der Waals surface area contributed by atoms with Gasteiger partial charge in [0.2, 0.25) is 0 Å². The number of aryl methyl sites for hydroxylation is 2. The number of nitrogens with one attached hydrogen (secondary N) is 1. The summed E-state index contributed by atoms with van der Waals surface area (Å²) in [6.07, 6.45) is 2.00. The minimum Gasteiger partial charge on any atom is -0.367 e. The Morgan fingerprint density at radius 1 is 1.15 bits per heavy atom. The summed E-state index contributed by atoms with van der Waals surface area (Å²) in [5, 5.41) is 20.5. The Balaban J connectivity index is 1.92. The number of aromatic nitrogens is 2. The van der Waals surface area contributed by atoms with Crippen molar-refractivity contribution in [2.24, 2.45) is 0 Å². The molecular weight excluding hydrogens is 248 g/mol. The monoisotopic (exact) mass is 266 g/mol. The number of nitriles is 1. The molecule has 0 saturated carbocycles. The van der Waals surface area contributed by atoms with Crippen LogP contribution in [0.3, 0.4) is 0 Å². The number of hydrogen-bond acceptors (Lipinski definition) is 4. The first-order chi connectivity index (χ1) is 9.72. The molecule has 1 heterocycles. The largest absolute Gasteiger partial charge is 0.367 e. The number of anilines is 1. The van der Waals surface area contributed by atoms with Crippen LogP contribution >= 0.6 is 0 Å². The second kappa shape index (κ2) is 6.67. The van der Waals surface area contributed by atoms with E-state index >= 15 is 0 Å². The van der Waals surface area contributed by atoms with Gasteiger partial charge in [0, 0.05) is 6.54 Å². The van der Waals surface area contributed by atoms with Crippen LogP contribution in [0.5, 0.6) is 0 Å². The average molecular weight is 266 g/mol. The molecule has 0 radical (unpaired) electrons. The molecule has 0 aliphatic carbocycles. The highest BCUT2D eigenvalue weighted by Gasteiger charge is 2.09. The van der Waals surface area contributed by atoms with E-state index in [1.165, 1.54) is 5.56 Å². The van der Waals surface area contributed by atoms with Crippen molar-refractivity contribution in [1.82, 2.24) is 10.2 Å². The highest BCUT2D eigenvalue weighted by molar-refractivity contribution is 5.55. The fourth-order valence-electron chi connectivity index (χ4n) is 2.01. The van der Waals surface area contributed by atoms with Gasteiger partial charge in [-0.1, -0.05) is 30.3 Å². The molecule has 4 heteroatoms. The summed E-state index contributed by atoms with van der Waals surface area (Å²) >= 11 is 0. The average Bonchev–Trinajstić information content (AvgIpc) is 2.48. The highest BCUT2D eigenvalue weighted by atomic mass is 15.2. The van der Waals surface area contributed by atoms with Crippen molar-refractivity contribution in [2.45, 2.75) is 26.7 Å². The molecule has 20 heavy (non-hydrogen) atoms. The molecule has 0 aliphatic heterocycles. The maximum Gasteiger partial charge on any atom is 0.166 e. The summed E-state index contributed by atoms with van der Waals surface area (Å²) in [5.41, 5.74) is 3.61. The lowest BCUT2D eigenvalue weighted by Gasteiger charge is -2.09. The first kappa shape index (κ1) is 14.0. The molecule has 0 unspecified atom stereocenters. The highest BCUT2D eigenvalue weighted by Crippen LogP contribution is 2.17. The molecule has 0 atom stereocenters. The van der Waals surface area contributed by atoms with E-state index in [2.05, 4.69) is 33.7 Å². The lowest BCUT2D eigenvalue weighted by Crippen LogP contribution is -2.09. The van der Waals surface area contributed by atoms with Crippen molar-refractivity contribution in [3.63, 3.8) is 0 Å². The van der Waals surface area contributed by atoms with Crippen LogP contribution in [0, 0.1) is 25.2 Å². The molecule has 102 valence electrons. The quantitative estimate of drug-likeness (QED) is 0.845. The topological polar surface area (TPSA) is 61.6 Å². The molecule has 0 aliphatic rings. The second-order valence-corrected chi connectivity index (χ2v) is 4.76. The molecule has 4 nitrogen and oxygen atoms in total. The fourth-order valence-corrected chi connectivity index (χ4v) is 2.01. The summed E-state index contributed by atoms with van der Waals surface area (Å²) in [4.78, 5) is 0. The van der Waals surface area contributed by atoms with Crippen LogP contribution in [0.25, 0.3) is 0 Å². The van der Waals surface area contributed by atoms with Crippen molar-refractivity contribution < 1.29 is 0 Å². The summed E-state index contributed by atoms with van der Waals surface area (Å²) in [6.45, 7) is 4.54. The molecule has 2 aromatic rings. The van der Waals surface area contributed by atoms with Gasteiger partial charge in [0.25, 0.3) is 0 Å². The van der Waals surface area contributed by atoms with Crippen LogP contribution in [-0.4, -0.2) is 16.7 Å². The molecule has 0 amide bonds. The van der Waals surface area contributed by atoms with Crippen molar-refractivity contribution in [3.05, 3.63) is 52.7 Å². The maximum absolute atomic E-state index is 9.20. The smallest absolute Gasteiger partial charge is 0.166 e. The second-order valence-electron chi connectivity index (χ2n) is 4.76. The molecule has 1 N–H and O–H groups in total. The van der Waals surface area contributed by atoms with E-state index in [9.17, 15) is 5.26 Å². The van der Waals surface area contributed by atoms with E-state index in [1.807, 2.05) is 32.0 Å². The Morgan fingerprint density at radius 2 is 1.90 bits per heavy atom. The summed E-state index contributed by atoms with van der Waals surface area (Å²) in [5.74, 6) is 0.587. The van der Waals surface area contributed by atoms with E-state index in [0.717, 1.165) is 30.6 Å².